The Balaban J connectivity index is 2.03. The number of hydrogen-bond donors (Lipinski definition) is 1. The van der Waals surface area contributed by atoms with Gasteiger partial charge in [-0.2, -0.15) is 0 Å². The Bertz CT molecular complexity index is 710. The summed E-state index contributed by atoms with van der Waals surface area (Å²) < 4.78 is 15.9. The highest BCUT2D eigenvalue weighted by Gasteiger charge is 2.37. The summed E-state index contributed by atoms with van der Waals surface area (Å²) in [6.45, 7) is 0. The molecule has 1 aliphatic heterocycles. The lowest BCUT2D eigenvalue weighted by molar-refractivity contribution is -0.0110. The van der Waals surface area contributed by atoms with E-state index < -0.39 is 18.2 Å². The van der Waals surface area contributed by atoms with Crippen LogP contribution in [0.3, 0.4) is 0 Å². The molecule has 1 heterocycles. The maximum atomic E-state index is 11.9. The Labute approximate surface area is 128 Å². The zero-order valence-electron chi connectivity index (χ0n) is 12.3. The van der Waals surface area contributed by atoms with Crippen LogP contribution in [0.25, 0.3) is 0 Å². The fraction of sp³-hybridized carbons (Fsp3) is 0.235. The second-order valence-corrected chi connectivity index (χ2v) is 4.94. The molecule has 5 heteroatoms. The molecular formula is C17H16O5. The summed E-state index contributed by atoms with van der Waals surface area (Å²) in [6, 6.07) is 12.3. The summed E-state index contributed by atoms with van der Waals surface area (Å²) in [7, 11) is 3.03. The van der Waals surface area contributed by atoms with E-state index in [9.17, 15) is 9.90 Å². The number of fused-ring (bicyclic) bond motifs is 1. The minimum atomic E-state index is -1.04. The molecule has 2 aromatic rings. The molecule has 2 atom stereocenters. The predicted molar refractivity (Wildman–Crippen MR) is 79.1 cm³/mol. The van der Waals surface area contributed by atoms with Crippen molar-refractivity contribution in [1.82, 2.24) is 0 Å². The summed E-state index contributed by atoms with van der Waals surface area (Å²) in [5.74, 6) is 0.510. The van der Waals surface area contributed by atoms with Gasteiger partial charge in [-0.05, 0) is 12.1 Å². The molecular weight excluding hydrogens is 284 g/mol. The Hall–Kier alpha value is -2.53. The van der Waals surface area contributed by atoms with Crippen LogP contribution in [0.5, 0.6) is 11.5 Å². The molecule has 114 valence electrons. The van der Waals surface area contributed by atoms with Gasteiger partial charge in [0.1, 0.15) is 6.10 Å². The Morgan fingerprint density at radius 3 is 2.59 bits per heavy atom. The molecule has 2 aromatic carbocycles. The minimum absolute atomic E-state index is 0.429. The van der Waals surface area contributed by atoms with Crippen molar-refractivity contribution >= 4 is 5.97 Å². The van der Waals surface area contributed by atoms with Crippen molar-refractivity contribution in [3.05, 3.63) is 59.2 Å². The minimum Gasteiger partial charge on any atom is -0.493 e. The number of rotatable bonds is 4. The molecule has 0 bridgehead atoms. The van der Waals surface area contributed by atoms with Gasteiger partial charge in [-0.1, -0.05) is 30.3 Å². The Kier molecular flexibility index (Phi) is 3.73. The van der Waals surface area contributed by atoms with Crippen molar-refractivity contribution in [2.24, 2.45) is 0 Å². The third-order valence-electron chi connectivity index (χ3n) is 3.76. The monoisotopic (exact) mass is 300 g/mol. The van der Waals surface area contributed by atoms with Gasteiger partial charge in [0.05, 0.1) is 19.8 Å². The van der Waals surface area contributed by atoms with Crippen LogP contribution < -0.4 is 9.47 Å². The number of carbonyl (C=O) groups excluding carboxylic acids is 1. The van der Waals surface area contributed by atoms with Crippen LogP contribution in [0.1, 0.15) is 33.7 Å². The van der Waals surface area contributed by atoms with Gasteiger partial charge in [0.15, 0.2) is 17.6 Å². The molecule has 0 radical (unpaired) electrons. The third-order valence-corrected chi connectivity index (χ3v) is 3.76. The van der Waals surface area contributed by atoms with Crippen molar-refractivity contribution in [1.29, 1.82) is 0 Å². The van der Waals surface area contributed by atoms with Crippen LogP contribution in [-0.2, 0) is 4.74 Å². The van der Waals surface area contributed by atoms with Crippen molar-refractivity contribution < 1.29 is 24.1 Å². The molecule has 0 saturated heterocycles. The molecule has 5 nitrogen and oxygen atoms in total. The SMILES string of the molecule is COc1cccc([C@@H](O)[C@H]2OC(=O)c3ccccc32)c1OC. The molecule has 0 unspecified atom stereocenters. The van der Waals surface area contributed by atoms with E-state index in [4.69, 9.17) is 14.2 Å². The highest BCUT2D eigenvalue weighted by molar-refractivity contribution is 5.94. The van der Waals surface area contributed by atoms with Gasteiger partial charge in [0.2, 0.25) is 0 Å². The van der Waals surface area contributed by atoms with Crippen LogP contribution in [0.15, 0.2) is 42.5 Å². The molecule has 0 amide bonds. The zero-order valence-corrected chi connectivity index (χ0v) is 12.3. The van der Waals surface area contributed by atoms with Gasteiger partial charge in [0, 0.05) is 11.1 Å². The average Bonchev–Trinajstić information content (AvgIpc) is 2.90. The van der Waals surface area contributed by atoms with E-state index in [0.29, 0.717) is 28.2 Å². The molecule has 1 N–H and O–H groups in total. The highest BCUT2D eigenvalue weighted by atomic mass is 16.6. The van der Waals surface area contributed by atoms with E-state index in [1.54, 1.807) is 36.4 Å². The molecule has 0 aromatic heterocycles. The zero-order chi connectivity index (χ0) is 15.7. The fourth-order valence-electron chi connectivity index (χ4n) is 2.72. The number of carbonyl (C=O) groups is 1. The number of hydrogen-bond acceptors (Lipinski definition) is 5. The van der Waals surface area contributed by atoms with E-state index in [2.05, 4.69) is 0 Å². The summed E-state index contributed by atoms with van der Waals surface area (Å²) in [5, 5.41) is 10.7. The molecule has 0 fully saturated rings. The van der Waals surface area contributed by atoms with Gasteiger partial charge < -0.3 is 19.3 Å². The Morgan fingerprint density at radius 1 is 1.09 bits per heavy atom. The van der Waals surface area contributed by atoms with E-state index in [1.807, 2.05) is 6.07 Å². The highest BCUT2D eigenvalue weighted by Crippen LogP contribution is 2.44. The molecule has 3 rings (SSSR count). The fourth-order valence-corrected chi connectivity index (χ4v) is 2.72. The normalized spacial score (nSPS) is 17.6. The number of para-hydroxylation sites is 1. The first-order valence-electron chi connectivity index (χ1n) is 6.86. The van der Waals surface area contributed by atoms with Gasteiger partial charge >= 0.3 is 5.97 Å². The van der Waals surface area contributed by atoms with Crippen molar-refractivity contribution in [2.45, 2.75) is 12.2 Å². The van der Waals surface area contributed by atoms with Crippen molar-refractivity contribution in [3.63, 3.8) is 0 Å². The molecule has 1 aliphatic rings. The molecule has 0 saturated carbocycles. The number of aliphatic hydroxyl groups excluding tert-OH is 1. The topological polar surface area (TPSA) is 65.0 Å². The predicted octanol–water partition coefficient (Wildman–Crippen LogP) is 2.65. The lowest BCUT2D eigenvalue weighted by Gasteiger charge is -2.21. The lowest BCUT2D eigenvalue weighted by Crippen LogP contribution is -2.12. The van der Waals surface area contributed by atoms with Gasteiger partial charge in [-0.15, -0.1) is 0 Å². The van der Waals surface area contributed by atoms with Crippen molar-refractivity contribution in [2.75, 3.05) is 14.2 Å². The summed E-state index contributed by atoms with van der Waals surface area (Å²) in [4.78, 5) is 11.9. The smallest absolute Gasteiger partial charge is 0.339 e. The standard InChI is InChI=1S/C17H16O5/c1-20-13-9-5-8-12(15(13)21-2)14(18)16-10-6-3-4-7-11(10)17(19)22-16/h3-9,14,16,18H,1-2H3/t14-,16+/m1/s1. The van der Waals surface area contributed by atoms with Crippen LogP contribution >= 0.6 is 0 Å². The lowest BCUT2D eigenvalue weighted by atomic mass is 9.96. The number of ether oxygens (including phenoxy) is 3. The van der Waals surface area contributed by atoms with Crippen LogP contribution in [-0.4, -0.2) is 25.3 Å². The first-order valence-corrected chi connectivity index (χ1v) is 6.86. The summed E-state index contributed by atoms with van der Waals surface area (Å²) >= 11 is 0. The molecule has 22 heavy (non-hydrogen) atoms. The van der Waals surface area contributed by atoms with Gasteiger partial charge in [-0.3, -0.25) is 0 Å². The quantitative estimate of drug-likeness (QED) is 0.879. The largest absolute Gasteiger partial charge is 0.493 e. The molecule has 0 spiro atoms. The van der Waals surface area contributed by atoms with Gasteiger partial charge in [-0.25, -0.2) is 4.79 Å². The number of methoxy groups -OCH3 is 2. The number of benzene rings is 2. The number of esters is 1. The summed E-state index contributed by atoms with van der Waals surface area (Å²) in [6.07, 6.45) is -1.80. The third kappa shape index (κ3) is 2.19. The number of aliphatic hydroxyl groups is 1. The van der Waals surface area contributed by atoms with Crippen molar-refractivity contribution in [3.8, 4) is 11.5 Å². The van der Waals surface area contributed by atoms with E-state index in [1.165, 1.54) is 14.2 Å². The van der Waals surface area contributed by atoms with Crippen LogP contribution in [0, 0.1) is 0 Å². The van der Waals surface area contributed by atoms with E-state index in [0.717, 1.165) is 0 Å². The van der Waals surface area contributed by atoms with Crippen LogP contribution in [0.2, 0.25) is 0 Å². The first kappa shape index (κ1) is 14.4. The second kappa shape index (κ2) is 5.69. The molecule has 0 aliphatic carbocycles. The van der Waals surface area contributed by atoms with E-state index >= 15 is 0 Å². The van der Waals surface area contributed by atoms with Gasteiger partial charge in [0.25, 0.3) is 0 Å². The average molecular weight is 300 g/mol. The first-order chi connectivity index (χ1) is 10.7. The number of cyclic esters (lactones) is 1. The van der Waals surface area contributed by atoms with Crippen LogP contribution in [0.4, 0.5) is 0 Å². The second-order valence-electron chi connectivity index (χ2n) is 4.94. The maximum Gasteiger partial charge on any atom is 0.339 e. The summed E-state index contributed by atoms with van der Waals surface area (Å²) in [5.41, 5.74) is 1.66. The maximum absolute atomic E-state index is 11.9. The Morgan fingerprint density at radius 2 is 1.86 bits per heavy atom. The van der Waals surface area contributed by atoms with E-state index in [-0.39, 0.29) is 0 Å².